The highest BCUT2D eigenvalue weighted by Crippen LogP contribution is 2.49. The van der Waals surface area contributed by atoms with Crippen LogP contribution in [0.5, 0.6) is 0 Å². The van der Waals surface area contributed by atoms with Gasteiger partial charge in [0.2, 0.25) is 0 Å². The number of ether oxygens (including phenoxy) is 1. The van der Waals surface area contributed by atoms with E-state index >= 15 is 0 Å². The fourth-order valence-electron chi connectivity index (χ4n) is 4.45. The van der Waals surface area contributed by atoms with E-state index in [0.29, 0.717) is 6.42 Å². The maximum absolute atomic E-state index is 13.0. The number of aromatic nitrogens is 2. The number of hydrogen-bond donors (Lipinski definition) is 0. The second kappa shape index (κ2) is 7.60. The lowest BCUT2D eigenvalue weighted by atomic mass is 9.75. The van der Waals surface area contributed by atoms with Gasteiger partial charge in [-0.2, -0.15) is 0 Å². The van der Waals surface area contributed by atoms with Crippen LogP contribution >= 0.6 is 11.3 Å². The summed E-state index contributed by atoms with van der Waals surface area (Å²) >= 11 is 1.66. The van der Waals surface area contributed by atoms with Crippen LogP contribution in [0.4, 0.5) is 5.00 Å². The van der Waals surface area contributed by atoms with E-state index in [1.165, 1.54) is 16.1 Å². The van der Waals surface area contributed by atoms with Crippen LogP contribution in [0.3, 0.4) is 0 Å². The largest absolute Gasteiger partial charge is 0.378 e. The molecule has 5 rings (SSSR count). The maximum Gasteiger partial charge on any atom is 0.173 e. The SMILES string of the molecule is CC1(C)CC(=O)c2sc(N3CCOCC3)c(-c3ccnc(-c4cccnc4)c3)c2C1. The van der Waals surface area contributed by atoms with Crippen molar-refractivity contribution < 1.29 is 9.53 Å². The van der Waals surface area contributed by atoms with Gasteiger partial charge in [-0.15, -0.1) is 11.3 Å². The Morgan fingerprint density at radius 3 is 2.70 bits per heavy atom. The zero-order valence-electron chi connectivity index (χ0n) is 17.4. The third kappa shape index (κ3) is 3.55. The summed E-state index contributed by atoms with van der Waals surface area (Å²) in [6, 6.07) is 8.15. The minimum Gasteiger partial charge on any atom is -0.378 e. The van der Waals surface area contributed by atoms with Crippen molar-refractivity contribution in [1.29, 1.82) is 0 Å². The third-order valence-corrected chi connectivity index (χ3v) is 7.17. The van der Waals surface area contributed by atoms with E-state index in [1.807, 2.05) is 24.5 Å². The first-order valence-electron chi connectivity index (χ1n) is 10.4. The van der Waals surface area contributed by atoms with Crippen LogP contribution < -0.4 is 4.90 Å². The van der Waals surface area contributed by atoms with Crippen molar-refractivity contribution in [3.05, 3.63) is 53.3 Å². The summed E-state index contributed by atoms with van der Waals surface area (Å²) < 4.78 is 5.58. The molecule has 0 bridgehead atoms. The van der Waals surface area contributed by atoms with Gasteiger partial charge in [0.15, 0.2) is 5.78 Å². The smallest absolute Gasteiger partial charge is 0.173 e. The van der Waals surface area contributed by atoms with Crippen molar-refractivity contribution in [1.82, 2.24) is 9.97 Å². The Bertz CT molecular complexity index is 1090. The first-order chi connectivity index (χ1) is 14.5. The molecule has 1 saturated heterocycles. The van der Waals surface area contributed by atoms with Gasteiger partial charge in [-0.25, -0.2) is 0 Å². The van der Waals surface area contributed by atoms with E-state index in [0.717, 1.165) is 54.4 Å². The fourth-order valence-corrected chi connectivity index (χ4v) is 5.78. The number of Topliss-reactive ketones (excluding diaryl/α,β-unsaturated/α-hetero) is 1. The molecule has 0 saturated carbocycles. The summed E-state index contributed by atoms with van der Waals surface area (Å²) in [4.78, 5) is 25.2. The summed E-state index contributed by atoms with van der Waals surface area (Å²) in [6.07, 6.45) is 6.99. The molecule has 0 aromatic carbocycles. The van der Waals surface area contributed by atoms with Gasteiger partial charge in [0.05, 0.1) is 28.8 Å². The summed E-state index contributed by atoms with van der Waals surface area (Å²) in [7, 11) is 0. The quantitative estimate of drug-likeness (QED) is 0.607. The van der Waals surface area contributed by atoms with Gasteiger partial charge in [-0.05, 0) is 47.2 Å². The molecule has 0 spiro atoms. The third-order valence-electron chi connectivity index (χ3n) is 5.84. The van der Waals surface area contributed by atoms with Crippen molar-refractivity contribution in [2.45, 2.75) is 26.7 Å². The molecule has 6 heteroatoms. The second-order valence-corrected chi connectivity index (χ2v) is 9.80. The van der Waals surface area contributed by atoms with E-state index in [-0.39, 0.29) is 11.2 Å². The van der Waals surface area contributed by atoms with E-state index in [4.69, 9.17) is 4.74 Å². The normalized spacial score (nSPS) is 18.3. The number of hydrogen-bond acceptors (Lipinski definition) is 6. The summed E-state index contributed by atoms with van der Waals surface area (Å²) in [5, 5.41) is 1.19. The van der Waals surface area contributed by atoms with Gasteiger partial charge in [0, 0.05) is 49.2 Å². The van der Waals surface area contributed by atoms with E-state index in [1.54, 1.807) is 17.5 Å². The number of thiophene rings is 1. The number of ketones is 1. The van der Waals surface area contributed by atoms with Crippen LogP contribution in [0.2, 0.25) is 0 Å². The predicted octanol–water partition coefficient (Wildman–Crippen LogP) is 4.86. The van der Waals surface area contributed by atoms with Crippen molar-refractivity contribution in [2.24, 2.45) is 5.41 Å². The molecule has 30 heavy (non-hydrogen) atoms. The number of morpholine rings is 1. The van der Waals surface area contributed by atoms with Gasteiger partial charge >= 0.3 is 0 Å². The minimum atomic E-state index is -0.0264. The van der Waals surface area contributed by atoms with Gasteiger partial charge in [0.25, 0.3) is 0 Å². The summed E-state index contributed by atoms with van der Waals surface area (Å²) in [6.45, 7) is 7.53. The first kappa shape index (κ1) is 19.4. The molecule has 154 valence electrons. The lowest BCUT2D eigenvalue weighted by molar-refractivity contribution is 0.0918. The number of anilines is 1. The Kier molecular flexibility index (Phi) is 4.91. The van der Waals surface area contributed by atoms with Gasteiger partial charge < -0.3 is 9.64 Å². The molecule has 0 atom stereocenters. The van der Waals surface area contributed by atoms with Crippen LogP contribution in [0, 0.1) is 5.41 Å². The number of pyridine rings is 2. The molecule has 0 N–H and O–H groups in total. The Morgan fingerprint density at radius 2 is 1.93 bits per heavy atom. The highest BCUT2D eigenvalue weighted by atomic mass is 32.1. The van der Waals surface area contributed by atoms with Crippen molar-refractivity contribution in [2.75, 3.05) is 31.2 Å². The number of nitrogens with zero attached hydrogens (tertiary/aromatic N) is 3. The van der Waals surface area contributed by atoms with E-state index in [2.05, 4.69) is 40.8 Å². The topological polar surface area (TPSA) is 55.3 Å². The van der Waals surface area contributed by atoms with Gasteiger partial charge in [-0.1, -0.05) is 13.8 Å². The molecule has 0 radical (unpaired) electrons. The summed E-state index contributed by atoms with van der Waals surface area (Å²) in [5.74, 6) is 0.272. The molecule has 5 nitrogen and oxygen atoms in total. The van der Waals surface area contributed by atoms with Crippen molar-refractivity contribution in [3.8, 4) is 22.4 Å². The fraction of sp³-hybridized carbons (Fsp3) is 0.375. The number of fused-ring (bicyclic) bond motifs is 1. The van der Waals surface area contributed by atoms with Crippen LogP contribution in [0.25, 0.3) is 22.4 Å². The van der Waals surface area contributed by atoms with E-state index in [9.17, 15) is 4.79 Å². The molecular weight excluding hydrogens is 394 g/mol. The zero-order chi connectivity index (χ0) is 20.7. The monoisotopic (exact) mass is 419 g/mol. The van der Waals surface area contributed by atoms with Crippen molar-refractivity contribution in [3.63, 3.8) is 0 Å². The van der Waals surface area contributed by atoms with Crippen LogP contribution in [0.1, 0.15) is 35.5 Å². The van der Waals surface area contributed by atoms with E-state index < -0.39 is 0 Å². The number of carbonyl (C=O) groups is 1. The average Bonchev–Trinajstić information content (AvgIpc) is 3.14. The lowest BCUT2D eigenvalue weighted by Gasteiger charge is -2.30. The Labute approximate surface area is 180 Å². The molecule has 1 aliphatic heterocycles. The van der Waals surface area contributed by atoms with Crippen molar-refractivity contribution >= 4 is 22.1 Å². The van der Waals surface area contributed by atoms with Gasteiger partial charge in [0.1, 0.15) is 0 Å². The molecule has 1 aliphatic carbocycles. The average molecular weight is 420 g/mol. The molecule has 3 aromatic rings. The maximum atomic E-state index is 13.0. The molecular formula is C24H25N3O2S. The lowest BCUT2D eigenvalue weighted by Crippen LogP contribution is -2.36. The Balaban J connectivity index is 1.68. The number of carbonyl (C=O) groups excluding carboxylic acids is 1. The Morgan fingerprint density at radius 1 is 1.10 bits per heavy atom. The molecule has 2 aliphatic rings. The highest BCUT2D eigenvalue weighted by Gasteiger charge is 2.37. The molecule has 3 aromatic heterocycles. The zero-order valence-corrected chi connectivity index (χ0v) is 18.2. The number of rotatable bonds is 3. The Hall–Kier alpha value is -2.57. The summed E-state index contributed by atoms with van der Waals surface area (Å²) in [5.41, 5.74) is 5.38. The van der Waals surface area contributed by atoms with Crippen LogP contribution in [-0.4, -0.2) is 42.1 Å². The minimum absolute atomic E-state index is 0.0264. The molecule has 1 fully saturated rings. The molecule has 4 heterocycles. The predicted molar refractivity (Wildman–Crippen MR) is 120 cm³/mol. The van der Waals surface area contributed by atoms with Crippen LogP contribution in [0.15, 0.2) is 42.9 Å². The second-order valence-electron chi connectivity index (χ2n) is 8.80. The first-order valence-corrected chi connectivity index (χ1v) is 11.2. The molecule has 0 amide bonds. The standard InChI is InChI=1S/C24H25N3O2S/c1-24(2)13-18-21(16-5-7-26-19(12-16)17-4-3-6-25-15-17)23(27-8-10-29-11-9-27)30-22(18)20(28)14-24/h3-7,12,15H,8-11,13-14H2,1-2H3. The van der Waals surface area contributed by atoms with Crippen LogP contribution in [-0.2, 0) is 11.2 Å². The van der Waals surface area contributed by atoms with Gasteiger partial charge in [-0.3, -0.25) is 14.8 Å². The highest BCUT2D eigenvalue weighted by molar-refractivity contribution is 7.19. The molecule has 0 unspecified atom stereocenters.